The minimum Gasteiger partial charge on any atom is -0.371 e. The van der Waals surface area contributed by atoms with Crippen LogP contribution in [0.5, 0.6) is 0 Å². The number of sulfonamides is 1. The number of carbonyl (C=O) groups excluding carboxylic acids is 1. The SMILES string of the molecule is CCS(=O)(=O)N(C)c1ccc(C(=O)N[C@H](C)c2ccc(N3CCC[C@@H](C)C3)cc2)cc1. The van der Waals surface area contributed by atoms with Crippen LogP contribution in [0.4, 0.5) is 11.4 Å². The number of anilines is 2. The van der Waals surface area contributed by atoms with Crippen LogP contribution in [0.3, 0.4) is 0 Å². The third-order valence-corrected chi connectivity index (χ3v) is 7.81. The predicted octanol–water partition coefficient (Wildman–Crippen LogP) is 4.20. The molecular formula is C24H33N3O3S. The Labute approximate surface area is 186 Å². The average molecular weight is 444 g/mol. The van der Waals surface area contributed by atoms with Crippen LogP contribution in [-0.2, 0) is 10.0 Å². The Morgan fingerprint density at radius 2 is 1.81 bits per heavy atom. The number of hydrogen-bond donors (Lipinski definition) is 1. The number of nitrogens with one attached hydrogen (secondary N) is 1. The fourth-order valence-corrected chi connectivity index (χ4v) is 4.77. The van der Waals surface area contributed by atoms with Gasteiger partial charge in [0.05, 0.1) is 17.5 Å². The molecule has 0 unspecified atom stereocenters. The van der Waals surface area contributed by atoms with Crippen LogP contribution in [0.2, 0.25) is 0 Å². The van der Waals surface area contributed by atoms with Gasteiger partial charge in [-0.25, -0.2) is 8.42 Å². The highest BCUT2D eigenvalue weighted by Gasteiger charge is 2.18. The van der Waals surface area contributed by atoms with Gasteiger partial charge in [-0.05, 0) is 74.6 Å². The van der Waals surface area contributed by atoms with Gasteiger partial charge in [0.15, 0.2) is 0 Å². The molecule has 6 nitrogen and oxygen atoms in total. The van der Waals surface area contributed by atoms with Gasteiger partial charge in [0, 0.05) is 31.4 Å². The van der Waals surface area contributed by atoms with E-state index in [1.54, 1.807) is 31.2 Å². The number of carbonyl (C=O) groups is 1. The van der Waals surface area contributed by atoms with Gasteiger partial charge < -0.3 is 10.2 Å². The first-order chi connectivity index (χ1) is 14.7. The number of hydrogen-bond acceptors (Lipinski definition) is 4. The number of rotatable bonds is 7. The van der Waals surface area contributed by atoms with Crippen LogP contribution in [-0.4, -0.2) is 40.2 Å². The first kappa shape index (κ1) is 23.1. The molecule has 0 bridgehead atoms. The maximum atomic E-state index is 12.7. The summed E-state index contributed by atoms with van der Waals surface area (Å²) in [5.41, 5.74) is 3.31. The van der Waals surface area contributed by atoms with E-state index in [-0.39, 0.29) is 17.7 Å². The summed E-state index contributed by atoms with van der Waals surface area (Å²) in [7, 11) is -1.81. The molecule has 1 amide bonds. The van der Waals surface area contributed by atoms with Crippen molar-refractivity contribution >= 4 is 27.3 Å². The summed E-state index contributed by atoms with van der Waals surface area (Å²) in [6, 6.07) is 14.9. The molecule has 1 N–H and O–H groups in total. The van der Waals surface area contributed by atoms with E-state index < -0.39 is 10.0 Å². The van der Waals surface area contributed by atoms with E-state index in [9.17, 15) is 13.2 Å². The van der Waals surface area contributed by atoms with Gasteiger partial charge in [-0.15, -0.1) is 0 Å². The van der Waals surface area contributed by atoms with Gasteiger partial charge in [-0.3, -0.25) is 9.10 Å². The molecule has 0 saturated carbocycles. The Kier molecular flexibility index (Phi) is 7.26. The Bertz CT molecular complexity index is 988. The lowest BCUT2D eigenvalue weighted by Crippen LogP contribution is -2.34. The van der Waals surface area contributed by atoms with Crippen molar-refractivity contribution in [3.8, 4) is 0 Å². The molecule has 2 atom stereocenters. The number of nitrogens with zero attached hydrogens (tertiary/aromatic N) is 2. The van der Waals surface area contributed by atoms with Crippen molar-refractivity contribution < 1.29 is 13.2 Å². The normalized spacial score (nSPS) is 17.8. The van der Waals surface area contributed by atoms with Crippen LogP contribution >= 0.6 is 0 Å². The van der Waals surface area contributed by atoms with Gasteiger partial charge in [0.1, 0.15) is 0 Å². The molecule has 2 aromatic rings. The molecule has 2 aromatic carbocycles. The van der Waals surface area contributed by atoms with E-state index in [0.29, 0.717) is 11.3 Å². The van der Waals surface area contributed by atoms with Gasteiger partial charge in [-0.1, -0.05) is 19.1 Å². The Morgan fingerprint density at radius 3 is 2.39 bits per heavy atom. The highest BCUT2D eigenvalue weighted by atomic mass is 32.2. The van der Waals surface area contributed by atoms with E-state index in [1.165, 1.54) is 29.9 Å². The molecule has 0 radical (unpaired) electrons. The maximum absolute atomic E-state index is 12.7. The predicted molar refractivity (Wildman–Crippen MR) is 127 cm³/mol. The molecule has 3 rings (SSSR count). The first-order valence-electron chi connectivity index (χ1n) is 10.9. The molecule has 1 aliphatic rings. The molecule has 1 saturated heterocycles. The van der Waals surface area contributed by atoms with Crippen molar-refractivity contribution in [2.24, 2.45) is 5.92 Å². The molecule has 1 fully saturated rings. The van der Waals surface area contributed by atoms with Crippen LogP contribution in [0, 0.1) is 5.92 Å². The molecule has 0 aromatic heterocycles. The molecule has 1 heterocycles. The van der Waals surface area contributed by atoms with Gasteiger partial charge >= 0.3 is 0 Å². The van der Waals surface area contributed by atoms with Crippen molar-refractivity contribution in [2.75, 3.05) is 35.1 Å². The lowest BCUT2D eigenvalue weighted by molar-refractivity contribution is 0.0940. The minimum absolute atomic E-state index is 0.0266. The highest BCUT2D eigenvalue weighted by Crippen LogP contribution is 2.25. The third kappa shape index (κ3) is 5.58. The smallest absolute Gasteiger partial charge is 0.251 e. The second-order valence-electron chi connectivity index (χ2n) is 8.40. The Hall–Kier alpha value is -2.54. The van der Waals surface area contributed by atoms with Crippen molar-refractivity contribution in [3.05, 3.63) is 59.7 Å². The number of amides is 1. The van der Waals surface area contributed by atoms with Crippen LogP contribution in [0.15, 0.2) is 48.5 Å². The molecule has 168 valence electrons. The van der Waals surface area contributed by atoms with Gasteiger partial charge in [0.2, 0.25) is 10.0 Å². The van der Waals surface area contributed by atoms with Crippen molar-refractivity contribution in [3.63, 3.8) is 0 Å². The van der Waals surface area contributed by atoms with Crippen LogP contribution in [0.25, 0.3) is 0 Å². The Morgan fingerprint density at radius 1 is 1.16 bits per heavy atom. The minimum atomic E-state index is -3.33. The van der Waals surface area contributed by atoms with Crippen LogP contribution in [0.1, 0.15) is 55.6 Å². The van der Waals surface area contributed by atoms with E-state index in [1.807, 2.05) is 6.92 Å². The summed E-state index contributed by atoms with van der Waals surface area (Å²) >= 11 is 0. The maximum Gasteiger partial charge on any atom is 0.251 e. The average Bonchev–Trinajstić information content (AvgIpc) is 2.78. The zero-order valence-corrected chi connectivity index (χ0v) is 19.7. The molecule has 0 aliphatic carbocycles. The molecule has 31 heavy (non-hydrogen) atoms. The third-order valence-electron chi connectivity index (χ3n) is 6.04. The van der Waals surface area contributed by atoms with Crippen molar-refractivity contribution in [1.82, 2.24) is 5.32 Å². The monoisotopic (exact) mass is 443 g/mol. The van der Waals surface area contributed by atoms with E-state index in [0.717, 1.165) is 24.6 Å². The molecule has 1 aliphatic heterocycles. The zero-order valence-electron chi connectivity index (χ0n) is 18.8. The summed E-state index contributed by atoms with van der Waals surface area (Å²) in [5, 5.41) is 3.02. The van der Waals surface area contributed by atoms with Crippen molar-refractivity contribution in [2.45, 2.75) is 39.7 Å². The van der Waals surface area contributed by atoms with Gasteiger partial charge in [-0.2, -0.15) is 0 Å². The Balaban J connectivity index is 1.62. The highest BCUT2D eigenvalue weighted by molar-refractivity contribution is 7.92. The van der Waals surface area contributed by atoms with E-state index >= 15 is 0 Å². The van der Waals surface area contributed by atoms with Crippen molar-refractivity contribution in [1.29, 1.82) is 0 Å². The second kappa shape index (κ2) is 9.73. The summed E-state index contributed by atoms with van der Waals surface area (Å²) in [4.78, 5) is 15.1. The molecule has 0 spiro atoms. The summed E-state index contributed by atoms with van der Waals surface area (Å²) in [6.45, 7) is 8.06. The van der Waals surface area contributed by atoms with E-state index in [2.05, 4.69) is 41.4 Å². The summed E-state index contributed by atoms with van der Waals surface area (Å²) in [6.07, 6.45) is 2.53. The second-order valence-corrected chi connectivity index (χ2v) is 10.7. The lowest BCUT2D eigenvalue weighted by Gasteiger charge is -2.33. The van der Waals surface area contributed by atoms with Gasteiger partial charge in [0.25, 0.3) is 5.91 Å². The van der Waals surface area contributed by atoms with E-state index in [4.69, 9.17) is 0 Å². The summed E-state index contributed by atoms with van der Waals surface area (Å²) in [5.74, 6) is 0.563. The number of benzene rings is 2. The largest absolute Gasteiger partial charge is 0.371 e. The molecule has 7 heteroatoms. The zero-order chi connectivity index (χ0) is 22.6. The fourth-order valence-electron chi connectivity index (χ4n) is 3.94. The molecular weight excluding hydrogens is 410 g/mol. The quantitative estimate of drug-likeness (QED) is 0.696. The fraction of sp³-hybridized carbons (Fsp3) is 0.458. The lowest BCUT2D eigenvalue weighted by atomic mass is 9.99. The summed E-state index contributed by atoms with van der Waals surface area (Å²) < 4.78 is 25.2. The number of piperidine rings is 1. The van der Waals surface area contributed by atoms with Crippen LogP contribution < -0.4 is 14.5 Å². The standard InChI is InChI=1S/C24H33N3O3S/c1-5-31(29,30)26(4)22-12-10-21(11-13-22)24(28)25-19(3)20-8-14-23(15-9-20)27-16-6-7-18(2)17-27/h8-15,18-19H,5-7,16-17H2,1-4H3,(H,25,28)/t18-,19-/m1/s1. The first-order valence-corrected chi connectivity index (χ1v) is 12.5. The topological polar surface area (TPSA) is 69.7 Å².